The lowest BCUT2D eigenvalue weighted by molar-refractivity contribution is -0.126. The first-order chi connectivity index (χ1) is 13.1. The van der Waals surface area contributed by atoms with Crippen molar-refractivity contribution in [2.75, 3.05) is 11.1 Å². The summed E-state index contributed by atoms with van der Waals surface area (Å²) in [4.78, 5) is 24.7. The summed E-state index contributed by atoms with van der Waals surface area (Å²) in [6, 6.07) is 13.4. The summed E-state index contributed by atoms with van der Waals surface area (Å²) in [5.41, 5.74) is 0.423. The largest absolute Gasteiger partial charge is 0.325 e. The lowest BCUT2D eigenvalue weighted by Crippen LogP contribution is -2.48. The average Bonchev–Trinajstić information content (AvgIpc) is 2.68. The standard InChI is InChI=1S/C20H20N4O2S/c21-11-15-18(26)24-19(16(12-22)20(15)9-5-2-6-10-20)27-13-17(25)23-14-7-3-1-4-8-14/h1,3-4,7-8,15H,2,5-6,9-10,13H2,(H,23,25)(H,24,26)/t15-/m0/s1. The molecule has 0 bridgehead atoms. The lowest BCUT2D eigenvalue weighted by atomic mass is 9.61. The molecule has 2 N–H and O–H groups in total. The van der Waals surface area contributed by atoms with E-state index in [0.29, 0.717) is 29.1 Å². The van der Waals surface area contributed by atoms with Crippen molar-refractivity contribution in [2.45, 2.75) is 32.1 Å². The Morgan fingerprint density at radius 2 is 1.93 bits per heavy atom. The minimum atomic E-state index is -0.852. The molecular formula is C20H20N4O2S. The van der Waals surface area contributed by atoms with Gasteiger partial charge in [0.05, 0.1) is 28.5 Å². The second kappa shape index (κ2) is 8.28. The monoisotopic (exact) mass is 380 g/mol. The number of nitriles is 2. The molecule has 2 amide bonds. The van der Waals surface area contributed by atoms with Crippen LogP contribution in [-0.4, -0.2) is 17.6 Å². The Bertz CT molecular complexity index is 845. The molecule has 1 spiro atoms. The van der Waals surface area contributed by atoms with Gasteiger partial charge < -0.3 is 10.6 Å². The molecule has 27 heavy (non-hydrogen) atoms. The number of benzene rings is 1. The maximum atomic E-state index is 12.5. The van der Waals surface area contributed by atoms with Gasteiger partial charge in [-0.2, -0.15) is 10.5 Å². The molecule has 1 aromatic rings. The summed E-state index contributed by atoms with van der Waals surface area (Å²) in [5.74, 6) is -1.37. The minimum Gasteiger partial charge on any atom is -0.325 e. The van der Waals surface area contributed by atoms with Crippen LogP contribution in [0.2, 0.25) is 0 Å². The molecule has 1 aromatic carbocycles. The zero-order chi connectivity index (χ0) is 19.3. The summed E-state index contributed by atoms with van der Waals surface area (Å²) < 4.78 is 0. The number of rotatable bonds is 4. The molecule has 1 heterocycles. The molecule has 138 valence electrons. The molecule has 6 nitrogen and oxygen atoms in total. The van der Waals surface area contributed by atoms with Gasteiger partial charge in [-0.1, -0.05) is 49.2 Å². The van der Waals surface area contributed by atoms with Crippen LogP contribution in [-0.2, 0) is 9.59 Å². The number of hydrogen-bond donors (Lipinski definition) is 2. The van der Waals surface area contributed by atoms with Gasteiger partial charge in [0.15, 0.2) is 0 Å². The number of carbonyl (C=O) groups is 2. The molecule has 1 aliphatic heterocycles. The van der Waals surface area contributed by atoms with E-state index in [0.717, 1.165) is 31.0 Å². The Morgan fingerprint density at radius 3 is 2.56 bits per heavy atom. The number of carbonyl (C=O) groups excluding carboxylic acids is 2. The van der Waals surface area contributed by atoms with Gasteiger partial charge in [0.2, 0.25) is 11.8 Å². The third-order valence-electron chi connectivity index (χ3n) is 5.17. The maximum Gasteiger partial charge on any atom is 0.243 e. The van der Waals surface area contributed by atoms with Crippen molar-refractivity contribution >= 4 is 29.3 Å². The number of nitrogens with zero attached hydrogens (tertiary/aromatic N) is 2. The molecule has 0 saturated heterocycles. The normalized spacial score (nSPS) is 21.1. The van der Waals surface area contributed by atoms with Crippen LogP contribution in [0.25, 0.3) is 0 Å². The van der Waals surface area contributed by atoms with Crippen LogP contribution < -0.4 is 10.6 Å². The van der Waals surface area contributed by atoms with E-state index < -0.39 is 11.3 Å². The summed E-state index contributed by atoms with van der Waals surface area (Å²) in [5, 5.41) is 25.2. The van der Waals surface area contributed by atoms with Crippen molar-refractivity contribution in [3.05, 3.63) is 40.9 Å². The lowest BCUT2D eigenvalue weighted by Gasteiger charge is -2.43. The number of thioether (sulfide) groups is 1. The number of amides is 2. The van der Waals surface area contributed by atoms with Crippen molar-refractivity contribution in [3.63, 3.8) is 0 Å². The van der Waals surface area contributed by atoms with Gasteiger partial charge in [0.1, 0.15) is 5.92 Å². The molecular weight excluding hydrogens is 360 g/mol. The number of allylic oxidation sites excluding steroid dienone is 1. The topological polar surface area (TPSA) is 106 Å². The molecule has 1 aliphatic carbocycles. The van der Waals surface area contributed by atoms with Crippen molar-refractivity contribution < 1.29 is 9.59 Å². The second-order valence-corrected chi connectivity index (χ2v) is 7.77. The van der Waals surface area contributed by atoms with Gasteiger partial charge in [0, 0.05) is 11.1 Å². The second-order valence-electron chi connectivity index (χ2n) is 6.79. The first kappa shape index (κ1) is 19.0. The van der Waals surface area contributed by atoms with Gasteiger partial charge in [-0.3, -0.25) is 9.59 Å². The zero-order valence-electron chi connectivity index (χ0n) is 14.8. The Hall–Kier alpha value is -2.77. The predicted molar refractivity (Wildman–Crippen MR) is 103 cm³/mol. The molecule has 1 atom stereocenters. The maximum absolute atomic E-state index is 12.5. The highest BCUT2D eigenvalue weighted by molar-refractivity contribution is 8.03. The smallest absolute Gasteiger partial charge is 0.243 e. The SMILES string of the molecule is N#CC1=C(SCC(=O)Nc2ccccc2)NC(=O)[C@H](C#N)C12CCCCC2. The first-order valence-corrected chi connectivity index (χ1v) is 9.92. The number of para-hydroxylation sites is 1. The van der Waals surface area contributed by atoms with Gasteiger partial charge in [-0.05, 0) is 25.0 Å². The van der Waals surface area contributed by atoms with Crippen LogP contribution in [0.3, 0.4) is 0 Å². The van der Waals surface area contributed by atoms with Crippen LogP contribution in [0.5, 0.6) is 0 Å². The van der Waals surface area contributed by atoms with Crippen molar-refractivity contribution in [3.8, 4) is 12.1 Å². The molecule has 7 heteroatoms. The summed E-state index contributed by atoms with van der Waals surface area (Å²) in [6.45, 7) is 0. The molecule has 3 rings (SSSR count). The van der Waals surface area contributed by atoms with E-state index in [1.807, 2.05) is 18.2 Å². The van der Waals surface area contributed by atoms with E-state index in [1.54, 1.807) is 12.1 Å². The summed E-state index contributed by atoms with van der Waals surface area (Å²) >= 11 is 1.15. The van der Waals surface area contributed by atoms with E-state index in [9.17, 15) is 20.1 Å². The van der Waals surface area contributed by atoms with Crippen molar-refractivity contribution in [2.24, 2.45) is 11.3 Å². The van der Waals surface area contributed by atoms with Gasteiger partial charge in [0.25, 0.3) is 0 Å². The van der Waals surface area contributed by atoms with Crippen LogP contribution in [0.15, 0.2) is 40.9 Å². The Morgan fingerprint density at radius 1 is 1.22 bits per heavy atom. The van der Waals surface area contributed by atoms with Crippen LogP contribution >= 0.6 is 11.8 Å². The number of anilines is 1. The molecule has 1 fully saturated rings. The van der Waals surface area contributed by atoms with Crippen LogP contribution in [0.1, 0.15) is 32.1 Å². The summed E-state index contributed by atoms with van der Waals surface area (Å²) in [7, 11) is 0. The summed E-state index contributed by atoms with van der Waals surface area (Å²) in [6.07, 6.45) is 4.14. The van der Waals surface area contributed by atoms with E-state index >= 15 is 0 Å². The average molecular weight is 380 g/mol. The fourth-order valence-corrected chi connectivity index (χ4v) is 4.81. The van der Waals surface area contributed by atoms with E-state index in [-0.39, 0.29) is 17.6 Å². The Balaban J connectivity index is 1.80. The van der Waals surface area contributed by atoms with E-state index in [1.165, 1.54) is 0 Å². The molecule has 1 saturated carbocycles. The van der Waals surface area contributed by atoms with Gasteiger partial charge in [-0.15, -0.1) is 0 Å². The van der Waals surface area contributed by atoms with E-state index in [4.69, 9.17) is 0 Å². The third-order valence-corrected chi connectivity index (χ3v) is 6.17. The quantitative estimate of drug-likeness (QED) is 0.833. The molecule has 0 unspecified atom stereocenters. The third kappa shape index (κ3) is 3.84. The molecule has 0 radical (unpaired) electrons. The van der Waals surface area contributed by atoms with Gasteiger partial charge in [-0.25, -0.2) is 0 Å². The highest BCUT2D eigenvalue weighted by atomic mass is 32.2. The van der Waals surface area contributed by atoms with Gasteiger partial charge >= 0.3 is 0 Å². The predicted octanol–water partition coefficient (Wildman–Crippen LogP) is 3.31. The molecule has 2 aliphatic rings. The fourth-order valence-electron chi connectivity index (χ4n) is 3.90. The number of nitrogens with one attached hydrogen (secondary N) is 2. The molecule has 0 aromatic heterocycles. The van der Waals surface area contributed by atoms with Crippen LogP contribution in [0.4, 0.5) is 5.69 Å². The van der Waals surface area contributed by atoms with Crippen molar-refractivity contribution in [1.82, 2.24) is 5.32 Å². The highest BCUT2D eigenvalue weighted by Crippen LogP contribution is 2.51. The fraction of sp³-hybridized carbons (Fsp3) is 0.400. The van der Waals surface area contributed by atoms with Crippen molar-refractivity contribution in [1.29, 1.82) is 10.5 Å². The van der Waals surface area contributed by atoms with Crippen LogP contribution in [0, 0.1) is 34.0 Å². The Labute approximate surface area is 162 Å². The highest BCUT2D eigenvalue weighted by Gasteiger charge is 2.51. The zero-order valence-corrected chi connectivity index (χ0v) is 15.6. The Kier molecular flexibility index (Phi) is 5.83. The number of hydrogen-bond acceptors (Lipinski definition) is 5. The minimum absolute atomic E-state index is 0.0724. The van der Waals surface area contributed by atoms with E-state index in [2.05, 4.69) is 22.8 Å². The first-order valence-electron chi connectivity index (χ1n) is 8.94.